The second-order valence-corrected chi connectivity index (χ2v) is 8.79. The van der Waals surface area contributed by atoms with Gasteiger partial charge in [0.25, 0.3) is 11.5 Å². The van der Waals surface area contributed by atoms with Crippen molar-refractivity contribution in [3.63, 3.8) is 0 Å². The number of anilines is 1. The Kier molecular flexibility index (Phi) is 6.42. The van der Waals surface area contributed by atoms with Crippen LogP contribution in [0.25, 0.3) is 5.69 Å². The van der Waals surface area contributed by atoms with Crippen LogP contribution in [0.3, 0.4) is 0 Å². The standard InChI is InChI=1S/C25H26ClN3O4/c1-17-22(23(31)29(28(17)2)20-8-4-3-5-9-20)27-21(30)16-33-24(32)25(14-6-7-15-25)18-10-12-19(26)13-11-18/h3-5,8-13H,6-7,14-16H2,1-2H3,(H,27,30). The monoisotopic (exact) mass is 467 g/mol. The number of hydrogen-bond acceptors (Lipinski definition) is 4. The van der Waals surface area contributed by atoms with Crippen molar-refractivity contribution in [2.75, 3.05) is 11.9 Å². The number of amides is 1. The van der Waals surface area contributed by atoms with Crippen LogP contribution < -0.4 is 10.9 Å². The van der Waals surface area contributed by atoms with Crippen LogP contribution in [0.15, 0.2) is 59.4 Å². The normalized spacial score (nSPS) is 14.8. The third kappa shape index (κ3) is 4.33. The summed E-state index contributed by atoms with van der Waals surface area (Å²) in [5.74, 6) is -0.984. The smallest absolute Gasteiger partial charge is 0.317 e. The van der Waals surface area contributed by atoms with Crippen molar-refractivity contribution in [3.8, 4) is 5.69 Å². The van der Waals surface area contributed by atoms with Crippen molar-refractivity contribution in [2.45, 2.75) is 38.0 Å². The lowest BCUT2D eigenvalue weighted by Gasteiger charge is -2.27. The largest absolute Gasteiger partial charge is 0.455 e. The van der Waals surface area contributed by atoms with Gasteiger partial charge in [0.2, 0.25) is 0 Å². The van der Waals surface area contributed by atoms with Crippen LogP contribution in [0, 0.1) is 6.92 Å². The first-order valence-electron chi connectivity index (χ1n) is 10.9. The minimum atomic E-state index is -0.770. The van der Waals surface area contributed by atoms with Gasteiger partial charge in [0.1, 0.15) is 5.69 Å². The summed E-state index contributed by atoms with van der Waals surface area (Å²) >= 11 is 6.00. The van der Waals surface area contributed by atoms with Crippen molar-refractivity contribution in [3.05, 3.63) is 81.2 Å². The maximum absolute atomic E-state index is 13.1. The van der Waals surface area contributed by atoms with Gasteiger partial charge in [-0.15, -0.1) is 0 Å². The van der Waals surface area contributed by atoms with Crippen LogP contribution in [-0.4, -0.2) is 27.8 Å². The molecule has 0 aliphatic heterocycles. The summed E-state index contributed by atoms with van der Waals surface area (Å²) in [7, 11) is 1.75. The fourth-order valence-corrected chi connectivity index (χ4v) is 4.64. The number of nitrogens with one attached hydrogen (secondary N) is 1. The summed E-state index contributed by atoms with van der Waals surface area (Å²) in [6, 6.07) is 16.4. The van der Waals surface area contributed by atoms with E-state index in [4.69, 9.17) is 16.3 Å². The molecule has 0 atom stereocenters. The van der Waals surface area contributed by atoms with Gasteiger partial charge in [0.15, 0.2) is 6.61 Å². The van der Waals surface area contributed by atoms with Crippen molar-refractivity contribution in [1.82, 2.24) is 9.36 Å². The third-order valence-corrected chi connectivity index (χ3v) is 6.65. The summed E-state index contributed by atoms with van der Waals surface area (Å²) in [5.41, 5.74) is 1.17. The average molecular weight is 468 g/mol. The number of halogens is 1. The second kappa shape index (κ2) is 9.27. The van der Waals surface area contributed by atoms with Crippen molar-refractivity contribution >= 4 is 29.2 Å². The number of rotatable bonds is 6. The van der Waals surface area contributed by atoms with E-state index in [9.17, 15) is 14.4 Å². The van der Waals surface area contributed by atoms with Gasteiger partial charge in [-0.1, -0.05) is 54.8 Å². The van der Waals surface area contributed by atoms with E-state index in [1.54, 1.807) is 30.8 Å². The fraction of sp³-hybridized carbons (Fsp3) is 0.320. The molecule has 0 saturated heterocycles. The maximum Gasteiger partial charge on any atom is 0.317 e. The molecule has 0 unspecified atom stereocenters. The van der Waals surface area contributed by atoms with Gasteiger partial charge in [0.05, 0.1) is 16.8 Å². The lowest BCUT2D eigenvalue weighted by molar-refractivity contribution is -0.153. The highest BCUT2D eigenvalue weighted by molar-refractivity contribution is 6.30. The molecule has 1 N–H and O–H groups in total. The summed E-state index contributed by atoms with van der Waals surface area (Å²) in [5, 5.41) is 3.22. The Bertz CT molecular complexity index is 1220. The lowest BCUT2D eigenvalue weighted by Crippen LogP contribution is -2.36. The average Bonchev–Trinajstić information content (AvgIpc) is 3.39. The highest BCUT2D eigenvalue weighted by Gasteiger charge is 2.44. The Balaban J connectivity index is 1.48. The van der Waals surface area contributed by atoms with Crippen molar-refractivity contribution in [2.24, 2.45) is 7.05 Å². The topological polar surface area (TPSA) is 82.3 Å². The molecule has 3 aromatic rings. The molecule has 2 aromatic carbocycles. The van der Waals surface area contributed by atoms with Gasteiger partial charge < -0.3 is 10.1 Å². The van der Waals surface area contributed by atoms with E-state index in [1.165, 1.54) is 4.68 Å². The van der Waals surface area contributed by atoms with Crippen LogP contribution in [0.1, 0.15) is 36.9 Å². The van der Waals surface area contributed by atoms with Crippen LogP contribution in [0.5, 0.6) is 0 Å². The number of benzene rings is 2. The molecule has 33 heavy (non-hydrogen) atoms. The summed E-state index contributed by atoms with van der Waals surface area (Å²) in [6.45, 7) is 1.28. The molecular formula is C25H26ClN3O4. The van der Waals surface area contributed by atoms with Crippen LogP contribution in [0.4, 0.5) is 5.69 Å². The molecule has 1 heterocycles. The summed E-state index contributed by atoms with van der Waals surface area (Å²) in [4.78, 5) is 38.7. The third-order valence-electron chi connectivity index (χ3n) is 6.40. The zero-order chi connectivity index (χ0) is 23.6. The van der Waals surface area contributed by atoms with Crippen LogP contribution in [0.2, 0.25) is 5.02 Å². The number of esters is 1. The zero-order valence-electron chi connectivity index (χ0n) is 18.6. The molecule has 172 valence electrons. The Morgan fingerprint density at radius 2 is 1.70 bits per heavy atom. The van der Waals surface area contributed by atoms with Crippen molar-refractivity contribution < 1.29 is 14.3 Å². The second-order valence-electron chi connectivity index (χ2n) is 8.36. The van der Waals surface area contributed by atoms with E-state index >= 15 is 0 Å². The van der Waals surface area contributed by atoms with Gasteiger partial charge in [-0.3, -0.25) is 19.1 Å². The number of carbonyl (C=O) groups excluding carboxylic acids is 2. The van der Waals surface area contributed by atoms with Crippen LogP contribution in [-0.2, 0) is 26.8 Å². The fourth-order valence-electron chi connectivity index (χ4n) is 4.52. The summed E-state index contributed by atoms with van der Waals surface area (Å²) in [6.07, 6.45) is 3.14. The molecule has 0 spiro atoms. The highest BCUT2D eigenvalue weighted by atomic mass is 35.5. The number of ether oxygens (including phenoxy) is 1. The molecule has 1 amide bonds. The van der Waals surface area contributed by atoms with E-state index in [0.717, 1.165) is 18.4 Å². The first-order valence-corrected chi connectivity index (χ1v) is 11.3. The predicted molar refractivity (Wildman–Crippen MR) is 127 cm³/mol. The molecule has 4 rings (SSSR count). The van der Waals surface area contributed by atoms with Crippen LogP contribution >= 0.6 is 11.6 Å². The van der Waals surface area contributed by atoms with E-state index in [0.29, 0.717) is 29.2 Å². The molecule has 1 aliphatic rings. The molecule has 7 nitrogen and oxygen atoms in total. The molecule has 0 bridgehead atoms. The molecular weight excluding hydrogens is 442 g/mol. The predicted octanol–water partition coefficient (Wildman–Crippen LogP) is 4.13. The SMILES string of the molecule is Cc1c(NC(=O)COC(=O)C2(c3ccc(Cl)cc3)CCCC2)c(=O)n(-c2ccccc2)n1C. The molecule has 1 aliphatic carbocycles. The number of para-hydroxylation sites is 1. The molecule has 1 fully saturated rings. The minimum Gasteiger partial charge on any atom is -0.455 e. The molecule has 1 saturated carbocycles. The van der Waals surface area contributed by atoms with Crippen molar-refractivity contribution in [1.29, 1.82) is 0 Å². The van der Waals surface area contributed by atoms with Gasteiger partial charge in [-0.05, 0) is 49.6 Å². The quantitative estimate of drug-likeness (QED) is 0.552. The Morgan fingerprint density at radius 3 is 2.33 bits per heavy atom. The minimum absolute atomic E-state index is 0.163. The van der Waals surface area contributed by atoms with Gasteiger partial charge in [-0.25, -0.2) is 4.68 Å². The zero-order valence-corrected chi connectivity index (χ0v) is 19.4. The van der Waals surface area contributed by atoms with Gasteiger partial charge in [0, 0.05) is 12.1 Å². The first kappa shape index (κ1) is 22.9. The van der Waals surface area contributed by atoms with E-state index in [2.05, 4.69) is 5.32 Å². The number of nitrogens with zero attached hydrogens (tertiary/aromatic N) is 2. The lowest BCUT2D eigenvalue weighted by atomic mass is 9.79. The van der Waals surface area contributed by atoms with E-state index in [-0.39, 0.29) is 11.2 Å². The maximum atomic E-state index is 13.1. The Hall–Kier alpha value is -3.32. The highest BCUT2D eigenvalue weighted by Crippen LogP contribution is 2.42. The van der Waals surface area contributed by atoms with Gasteiger partial charge >= 0.3 is 5.97 Å². The number of aromatic nitrogens is 2. The van der Waals surface area contributed by atoms with Gasteiger partial charge in [-0.2, -0.15) is 0 Å². The summed E-state index contributed by atoms with van der Waals surface area (Å²) < 4.78 is 8.60. The van der Waals surface area contributed by atoms with E-state index in [1.807, 2.05) is 42.5 Å². The molecule has 1 aromatic heterocycles. The molecule has 8 heteroatoms. The Labute approximate surface area is 196 Å². The number of hydrogen-bond donors (Lipinski definition) is 1. The molecule has 0 radical (unpaired) electrons. The van der Waals surface area contributed by atoms with E-state index < -0.39 is 23.9 Å². The Morgan fingerprint density at radius 1 is 1.06 bits per heavy atom. The number of carbonyl (C=O) groups is 2. The first-order chi connectivity index (χ1) is 15.8.